The molecule has 0 unspecified atom stereocenters. The first kappa shape index (κ1) is 17.8. The first-order valence-corrected chi connectivity index (χ1v) is 9.31. The average molecular weight is 372 g/mol. The van der Waals surface area contributed by atoms with E-state index in [1.807, 2.05) is 0 Å². The van der Waals surface area contributed by atoms with E-state index in [1.54, 1.807) is 48.5 Å². The zero-order valence-corrected chi connectivity index (χ0v) is 14.5. The lowest BCUT2D eigenvalue weighted by atomic mass is 10.3. The lowest BCUT2D eigenvalue weighted by Gasteiger charge is -2.07. The summed E-state index contributed by atoms with van der Waals surface area (Å²) < 4.78 is 24.2. The van der Waals surface area contributed by atoms with Gasteiger partial charge in [-0.25, -0.2) is 8.42 Å². The Labute approximate surface area is 145 Å². The minimum absolute atomic E-state index is 0.0826. The summed E-state index contributed by atoms with van der Waals surface area (Å²) in [5.74, 6) is -0.368. The number of amides is 1. The Balaban J connectivity index is 1.87. The molecule has 4 nitrogen and oxygen atoms in total. The maximum Gasteiger partial charge on any atom is 0.224 e. The number of anilines is 1. The lowest BCUT2D eigenvalue weighted by molar-refractivity contribution is -0.116. The summed E-state index contributed by atoms with van der Waals surface area (Å²) in [6.07, 6.45) is 0.327. The monoisotopic (exact) mass is 371 g/mol. The number of halogens is 2. The molecule has 1 amide bonds. The van der Waals surface area contributed by atoms with Crippen LogP contribution < -0.4 is 5.32 Å². The van der Waals surface area contributed by atoms with Crippen LogP contribution in [0.25, 0.3) is 0 Å². The van der Waals surface area contributed by atoms with Crippen molar-refractivity contribution in [2.24, 2.45) is 0 Å². The third kappa shape index (κ3) is 5.53. The maximum absolute atomic E-state index is 12.1. The zero-order chi connectivity index (χ0) is 16.9. The molecular formula is C16H15Cl2NO3S. The number of nitrogens with one attached hydrogen (secondary N) is 1. The second-order valence-corrected chi connectivity index (χ2v) is 7.92. The summed E-state index contributed by atoms with van der Waals surface area (Å²) in [5, 5.41) is 3.48. The highest BCUT2D eigenvalue weighted by atomic mass is 35.5. The summed E-state index contributed by atoms with van der Waals surface area (Å²) in [4.78, 5) is 12.1. The van der Waals surface area contributed by atoms with Crippen LogP contribution in [-0.2, 0) is 14.6 Å². The van der Waals surface area contributed by atoms with Crippen molar-refractivity contribution in [2.45, 2.75) is 17.7 Å². The fraction of sp³-hybridized carbons (Fsp3) is 0.188. The molecule has 0 saturated heterocycles. The Bertz CT molecular complexity index is 772. The third-order valence-electron chi connectivity index (χ3n) is 3.07. The second-order valence-electron chi connectivity index (χ2n) is 4.94. The largest absolute Gasteiger partial charge is 0.326 e. The van der Waals surface area contributed by atoms with Crippen LogP contribution in [0.3, 0.4) is 0 Å². The molecule has 1 N–H and O–H groups in total. The maximum atomic E-state index is 12.1. The molecular weight excluding hydrogens is 357 g/mol. The van der Waals surface area contributed by atoms with Gasteiger partial charge in [0, 0.05) is 22.2 Å². The van der Waals surface area contributed by atoms with Gasteiger partial charge in [0.15, 0.2) is 9.84 Å². The smallest absolute Gasteiger partial charge is 0.224 e. The van der Waals surface area contributed by atoms with Crippen LogP contribution in [0.2, 0.25) is 10.0 Å². The Morgan fingerprint density at radius 3 is 2.22 bits per heavy atom. The minimum Gasteiger partial charge on any atom is -0.326 e. The third-order valence-corrected chi connectivity index (χ3v) is 5.32. The number of carbonyl (C=O) groups is 1. The summed E-state index contributed by atoms with van der Waals surface area (Å²) in [7, 11) is -3.36. The Morgan fingerprint density at radius 2 is 1.61 bits per heavy atom. The molecule has 0 saturated carbocycles. The van der Waals surface area contributed by atoms with Crippen molar-refractivity contribution >= 4 is 44.6 Å². The molecule has 0 spiro atoms. The molecule has 2 rings (SSSR count). The van der Waals surface area contributed by atoms with Crippen molar-refractivity contribution in [3.05, 3.63) is 58.6 Å². The van der Waals surface area contributed by atoms with E-state index in [0.29, 0.717) is 15.7 Å². The SMILES string of the molecule is O=C(CCCS(=O)(=O)c1ccccc1)Nc1cc(Cl)cc(Cl)c1. The summed E-state index contributed by atoms with van der Waals surface area (Å²) >= 11 is 11.7. The van der Waals surface area contributed by atoms with Gasteiger partial charge in [-0.1, -0.05) is 41.4 Å². The van der Waals surface area contributed by atoms with Gasteiger partial charge in [-0.15, -0.1) is 0 Å². The first-order chi connectivity index (χ1) is 10.9. The predicted octanol–water partition coefficient (Wildman–Crippen LogP) is 4.19. The molecule has 0 aliphatic heterocycles. The quantitative estimate of drug-likeness (QED) is 0.827. The van der Waals surface area contributed by atoms with Crippen LogP contribution in [0.1, 0.15) is 12.8 Å². The van der Waals surface area contributed by atoms with E-state index in [1.165, 1.54) is 0 Å². The van der Waals surface area contributed by atoms with E-state index in [2.05, 4.69) is 5.32 Å². The first-order valence-electron chi connectivity index (χ1n) is 6.90. The Hall–Kier alpha value is -1.56. The average Bonchev–Trinajstić information content (AvgIpc) is 2.46. The highest BCUT2D eigenvalue weighted by Gasteiger charge is 2.14. The van der Waals surface area contributed by atoms with Crippen LogP contribution in [0.5, 0.6) is 0 Å². The van der Waals surface area contributed by atoms with Crippen molar-refractivity contribution < 1.29 is 13.2 Å². The molecule has 2 aromatic rings. The van der Waals surface area contributed by atoms with E-state index in [9.17, 15) is 13.2 Å². The second kappa shape index (κ2) is 7.81. The van der Waals surface area contributed by atoms with Crippen molar-refractivity contribution in [1.82, 2.24) is 0 Å². The number of hydrogen-bond donors (Lipinski definition) is 1. The molecule has 0 aliphatic carbocycles. The molecule has 2 aromatic carbocycles. The van der Waals surface area contributed by atoms with Crippen molar-refractivity contribution in [1.29, 1.82) is 0 Å². The fourth-order valence-electron chi connectivity index (χ4n) is 2.02. The summed E-state index contributed by atoms with van der Waals surface area (Å²) in [5.41, 5.74) is 0.485. The predicted molar refractivity (Wildman–Crippen MR) is 92.8 cm³/mol. The fourth-order valence-corrected chi connectivity index (χ4v) is 3.88. The van der Waals surface area contributed by atoms with E-state index in [-0.39, 0.29) is 29.4 Å². The molecule has 23 heavy (non-hydrogen) atoms. The number of benzene rings is 2. The molecule has 0 radical (unpaired) electrons. The van der Waals surface area contributed by atoms with Gasteiger partial charge in [0.05, 0.1) is 10.6 Å². The lowest BCUT2D eigenvalue weighted by Crippen LogP contribution is -2.14. The number of rotatable bonds is 6. The summed E-state index contributed by atoms with van der Waals surface area (Å²) in [6, 6.07) is 12.9. The molecule has 122 valence electrons. The van der Waals surface area contributed by atoms with Crippen molar-refractivity contribution in [3.8, 4) is 0 Å². The van der Waals surface area contributed by atoms with Crippen LogP contribution in [0.15, 0.2) is 53.4 Å². The Kier molecular flexibility index (Phi) is 6.04. The van der Waals surface area contributed by atoms with Gasteiger partial charge in [-0.05, 0) is 36.8 Å². The van der Waals surface area contributed by atoms with Gasteiger partial charge in [0.25, 0.3) is 0 Å². The van der Waals surface area contributed by atoms with Gasteiger partial charge in [0.1, 0.15) is 0 Å². The van der Waals surface area contributed by atoms with Gasteiger partial charge in [-0.2, -0.15) is 0 Å². The van der Waals surface area contributed by atoms with Gasteiger partial charge in [-0.3, -0.25) is 4.79 Å². The van der Waals surface area contributed by atoms with E-state index in [4.69, 9.17) is 23.2 Å². The van der Waals surface area contributed by atoms with Crippen molar-refractivity contribution in [3.63, 3.8) is 0 Å². The van der Waals surface area contributed by atoms with Crippen LogP contribution in [-0.4, -0.2) is 20.1 Å². The highest BCUT2D eigenvalue weighted by Crippen LogP contribution is 2.22. The summed E-state index contributed by atoms with van der Waals surface area (Å²) in [6.45, 7) is 0. The molecule has 0 aliphatic rings. The Morgan fingerprint density at radius 1 is 1.00 bits per heavy atom. The zero-order valence-electron chi connectivity index (χ0n) is 12.1. The minimum atomic E-state index is -3.36. The molecule has 0 heterocycles. The van der Waals surface area contributed by atoms with Crippen LogP contribution in [0, 0.1) is 0 Å². The number of sulfone groups is 1. The molecule has 0 aromatic heterocycles. The normalized spacial score (nSPS) is 11.2. The standard InChI is InChI=1S/C16H15Cl2NO3S/c17-12-9-13(18)11-14(10-12)19-16(20)7-4-8-23(21,22)15-5-2-1-3-6-15/h1-3,5-6,9-11H,4,7-8H2,(H,19,20). The van der Waals surface area contributed by atoms with E-state index < -0.39 is 9.84 Å². The number of hydrogen-bond acceptors (Lipinski definition) is 3. The van der Waals surface area contributed by atoms with E-state index >= 15 is 0 Å². The molecule has 0 atom stereocenters. The highest BCUT2D eigenvalue weighted by molar-refractivity contribution is 7.91. The topological polar surface area (TPSA) is 63.2 Å². The molecule has 0 bridgehead atoms. The van der Waals surface area contributed by atoms with Crippen LogP contribution in [0.4, 0.5) is 5.69 Å². The van der Waals surface area contributed by atoms with Gasteiger partial charge >= 0.3 is 0 Å². The van der Waals surface area contributed by atoms with Crippen molar-refractivity contribution in [2.75, 3.05) is 11.1 Å². The van der Waals surface area contributed by atoms with Crippen LogP contribution >= 0.6 is 23.2 Å². The van der Waals surface area contributed by atoms with Gasteiger partial charge in [0.2, 0.25) is 5.91 Å². The molecule has 7 heteroatoms. The van der Waals surface area contributed by atoms with E-state index in [0.717, 1.165) is 0 Å². The molecule has 0 fully saturated rings. The van der Waals surface area contributed by atoms with Gasteiger partial charge < -0.3 is 5.32 Å². The number of carbonyl (C=O) groups excluding carboxylic acids is 1.